The fourth-order valence-electron chi connectivity index (χ4n) is 1.06. The number of guanidine groups is 1. The van der Waals surface area contributed by atoms with Crippen LogP contribution in [0.2, 0.25) is 0 Å². The third-order valence-corrected chi connectivity index (χ3v) is 1.74. The third-order valence-electron chi connectivity index (χ3n) is 1.74. The van der Waals surface area contributed by atoms with Gasteiger partial charge in [-0.05, 0) is 17.7 Å². The van der Waals surface area contributed by atoms with Crippen molar-refractivity contribution < 1.29 is 4.79 Å². The van der Waals surface area contributed by atoms with E-state index in [0.717, 1.165) is 5.56 Å². The Morgan fingerprint density at radius 3 is 2.40 bits per heavy atom. The Bertz CT molecular complexity index is 366. The normalized spacial score (nSPS) is 9.40. The van der Waals surface area contributed by atoms with Crippen molar-refractivity contribution in [3.8, 4) is 0 Å². The Balaban J connectivity index is 2.64. The molecule has 1 aromatic rings. The molecule has 0 saturated carbocycles. The molecule has 0 aliphatic rings. The molecule has 0 aliphatic carbocycles. The van der Waals surface area contributed by atoms with Crippen molar-refractivity contribution in [2.45, 2.75) is 13.5 Å². The minimum Gasteiger partial charge on any atom is -0.370 e. The van der Waals surface area contributed by atoms with Crippen LogP contribution in [0.5, 0.6) is 0 Å². The molecule has 1 aromatic carbocycles. The zero-order valence-electron chi connectivity index (χ0n) is 8.53. The second-order valence-electron chi connectivity index (χ2n) is 3.11. The highest BCUT2D eigenvalue weighted by Crippen LogP contribution is 2.12. The Hall–Kier alpha value is -2.04. The summed E-state index contributed by atoms with van der Waals surface area (Å²) in [7, 11) is 0. The number of carbonyl (C=O) groups excluding carboxylic acids is 1. The highest BCUT2D eigenvalue weighted by Gasteiger charge is 1.95. The molecule has 0 radical (unpaired) electrons. The predicted octanol–water partition coefficient (Wildman–Crippen LogP) is 0.228. The molecule has 0 saturated heterocycles. The van der Waals surface area contributed by atoms with E-state index in [9.17, 15) is 4.79 Å². The molecule has 0 unspecified atom stereocenters. The largest absolute Gasteiger partial charge is 0.370 e. The predicted molar refractivity (Wildman–Crippen MR) is 59.4 cm³/mol. The minimum absolute atomic E-state index is 0.0320. The summed E-state index contributed by atoms with van der Waals surface area (Å²) in [6.45, 7) is 1.99. The van der Waals surface area contributed by atoms with Crippen molar-refractivity contribution in [2.24, 2.45) is 16.5 Å². The number of nitrogens with two attached hydrogens (primary N) is 2. The molecule has 0 aliphatic heterocycles. The zero-order valence-corrected chi connectivity index (χ0v) is 8.53. The van der Waals surface area contributed by atoms with Gasteiger partial charge < -0.3 is 16.8 Å². The summed E-state index contributed by atoms with van der Waals surface area (Å²) < 4.78 is 0. The number of nitrogens with one attached hydrogen (secondary N) is 1. The molecular weight excluding hydrogens is 192 g/mol. The molecule has 0 aromatic heterocycles. The van der Waals surface area contributed by atoms with Gasteiger partial charge in [0.25, 0.3) is 0 Å². The van der Waals surface area contributed by atoms with Gasteiger partial charge in [0.05, 0.1) is 5.69 Å². The van der Waals surface area contributed by atoms with Gasteiger partial charge in [-0.25, -0.2) is 4.99 Å². The molecule has 5 heteroatoms. The van der Waals surface area contributed by atoms with Crippen molar-refractivity contribution in [2.75, 3.05) is 0 Å². The molecule has 5 nitrogen and oxygen atoms in total. The van der Waals surface area contributed by atoms with Crippen LogP contribution in [0.1, 0.15) is 12.5 Å². The average molecular weight is 206 g/mol. The van der Waals surface area contributed by atoms with Crippen LogP contribution >= 0.6 is 0 Å². The first-order valence-corrected chi connectivity index (χ1v) is 4.51. The van der Waals surface area contributed by atoms with Gasteiger partial charge in [-0.1, -0.05) is 12.1 Å². The summed E-state index contributed by atoms with van der Waals surface area (Å²) in [5.41, 5.74) is 12.2. The molecule has 1 amide bonds. The maximum atomic E-state index is 10.7. The summed E-state index contributed by atoms with van der Waals surface area (Å²) in [6.07, 6.45) is 0. The van der Waals surface area contributed by atoms with Crippen molar-refractivity contribution in [1.82, 2.24) is 5.32 Å². The van der Waals surface area contributed by atoms with E-state index in [2.05, 4.69) is 10.3 Å². The second kappa shape index (κ2) is 4.99. The first-order valence-electron chi connectivity index (χ1n) is 4.51. The summed E-state index contributed by atoms with van der Waals surface area (Å²) >= 11 is 0. The van der Waals surface area contributed by atoms with Gasteiger partial charge in [0, 0.05) is 13.5 Å². The van der Waals surface area contributed by atoms with Crippen LogP contribution in [-0.4, -0.2) is 11.9 Å². The summed E-state index contributed by atoms with van der Waals surface area (Å²) in [5, 5.41) is 2.70. The van der Waals surface area contributed by atoms with E-state index in [1.54, 1.807) is 12.1 Å². The van der Waals surface area contributed by atoms with E-state index in [1.807, 2.05) is 12.1 Å². The zero-order chi connectivity index (χ0) is 11.3. The van der Waals surface area contributed by atoms with E-state index in [4.69, 9.17) is 11.5 Å². The molecule has 80 valence electrons. The Morgan fingerprint density at radius 1 is 1.33 bits per heavy atom. The number of nitrogens with zero attached hydrogens (tertiary/aromatic N) is 1. The van der Waals surface area contributed by atoms with Gasteiger partial charge >= 0.3 is 0 Å². The maximum absolute atomic E-state index is 10.7. The van der Waals surface area contributed by atoms with Crippen LogP contribution in [0.4, 0.5) is 5.69 Å². The lowest BCUT2D eigenvalue weighted by Crippen LogP contribution is -2.21. The van der Waals surface area contributed by atoms with Crippen LogP contribution in [0.15, 0.2) is 29.3 Å². The molecular formula is C10H14N4O. The van der Waals surface area contributed by atoms with Crippen molar-refractivity contribution >= 4 is 17.6 Å². The van der Waals surface area contributed by atoms with E-state index < -0.39 is 0 Å². The number of hydrogen-bond donors (Lipinski definition) is 3. The number of aliphatic imine (C=N–C) groups is 1. The maximum Gasteiger partial charge on any atom is 0.217 e. The summed E-state index contributed by atoms with van der Waals surface area (Å²) in [5.74, 6) is -0.0205. The lowest BCUT2D eigenvalue weighted by Gasteiger charge is -2.02. The Morgan fingerprint density at radius 2 is 1.93 bits per heavy atom. The fraction of sp³-hybridized carbons (Fsp3) is 0.200. The van der Waals surface area contributed by atoms with Crippen LogP contribution in [0.3, 0.4) is 0 Å². The molecule has 1 rings (SSSR count). The monoisotopic (exact) mass is 206 g/mol. The Labute approximate surface area is 88.2 Å². The quantitative estimate of drug-likeness (QED) is 0.488. The highest BCUT2D eigenvalue weighted by molar-refractivity contribution is 5.79. The van der Waals surface area contributed by atoms with E-state index in [-0.39, 0.29) is 11.9 Å². The number of amides is 1. The second-order valence-corrected chi connectivity index (χ2v) is 3.11. The first kappa shape index (κ1) is 11.0. The van der Waals surface area contributed by atoms with Gasteiger partial charge in [0.15, 0.2) is 5.96 Å². The minimum atomic E-state index is -0.0525. The molecule has 0 atom stereocenters. The topological polar surface area (TPSA) is 93.5 Å². The molecule has 15 heavy (non-hydrogen) atoms. The van der Waals surface area contributed by atoms with Gasteiger partial charge in [0.2, 0.25) is 5.91 Å². The molecule has 0 heterocycles. The molecule has 0 fully saturated rings. The molecule has 0 bridgehead atoms. The standard InChI is InChI=1S/C10H14N4O/c1-7(15)13-6-8-2-4-9(5-3-8)14-10(11)12/h2-5H,6H2,1H3,(H,13,15)(H4,11,12,14). The van der Waals surface area contributed by atoms with E-state index in [1.165, 1.54) is 6.92 Å². The van der Waals surface area contributed by atoms with Gasteiger partial charge in [-0.2, -0.15) is 0 Å². The van der Waals surface area contributed by atoms with E-state index >= 15 is 0 Å². The smallest absolute Gasteiger partial charge is 0.217 e. The van der Waals surface area contributed by atoms with Crippen LogP contribution in [-0.2, 0) is 11.3 Å². The number of rotatable bonds is 3. The van der Waals surface area contributed by atoms with Crippen molar-refractivity contribution in [3.63, 3.8) is 0 Å². The fourth-order valence-corrected chi connectivity index (χ4v) is 1.06. The Kier molecular flexibility index (Phi) is 3.68. The summed E-state index contributed by atoms with van der Waals surface area (Å²) in [6, 6.07) is 7.29. The third kappa shape index (κ3) is 4.12. The number of carbonyl (C=O) groups is 1. The van der Waals surface area contributed by atoms with Gasteiger partial charge in [-0.3, -0.25) is 4.79 Å². The first-order chi connectivity index (χ1) is 7.08. The van der Waals surface area contributed by atoms with Crippen molar-refractivity contribution in [3.05, 3.63) is 29.8 Å². The summed E-state index contributed by atoms with van der Waals surface area (Å²) in [4.78, 5) is 14.5. The number of hydrogen-bond acceptors (Lipinski definition) is 2. The lowest BCUT2D eigenvalue weighted by atomic mass is 10.2. The van der Waals surface area contributed by atoms with Gasteiger partial charge in [0.1, 0.15) is 0 Å². The van der Waals surface area contributed by atoms with Crippen LogP contribution < -0.4 is 16.8 Å². The molecule has 0 spiro atoms. The lowest BCUT2D eigenvalue weighted by molar-refractivity contribution is -0.119. The van der Waals surface area contributed by atoms with Gasteiger partial charge in [-0.15, -0.1) is 0 Å². The van der Waals surface area contributed by atoms with Crippen LogP contribution in [0.25, 0.3) is 0 Å². The highest BCUT2D eigenvalue weighted by atomic mass is 16.1. The SMILES string of the molecule is CC(=O)NCc1ccc(N=C(N)N)cc1. The van der Waals surface area contributed by atoms with Crippen LogP contribution in [0, 0.1) is 0 Å². The number of benzene rings is 1. The average Bonchev–Trinajstić information content (AvgIpc) is 2.16. The molecule has 5 N–H and O–H groups in total. The van der Waals surface area contributed by atoms with E-state index in [0.29, 0.717) is 12.2 Å². The van der Waals surface area contributed by atoms with Crippen molar-refractivity contribution in [1.29, 1.82) is 0 Å².